The van der Waals surface area contributed by atoms with Crippen LogP contribution in [0.1, 0.15) is 29.3 Å². The first-order valence-electron chi connectivity index (χ1n) is 7.88. The monoisotopic (exact) mass is 344 g/mol. The molecule has 0 aliphatic carbocycles. The van der Waals surface area contributed by atoms with E-state index in [1.807, 2.05) is 6.07 Å². The Morgan fingerprint density at radius 3 is 2.96 bits per heavy atom. The molecule has 25 heavy (non-hydrogen) atoms. The summed E-state index contributed by atoms with van der Waals surface area (Å²) in [5, 5.41) is 12.6. The van der Waals surface area contributed by atoms with Gasteiger partial charge < -0.3 is 20.1 Å². The highest BCUT2D eigenvalue weighted by Gasteiger charge is 2.31. The Labute approximate surface area is 144 Å². The third-order valence-corrected chi connectivity index (χ3v) is 4.04. The fraction of sp³-hybridized carbons (Fsp3) is 0.353. The first-order valence-corrected chi connectivity index (χ1v) is 7.88. The Bertz CT molecular complexity index is 787. The van der Waals surface area contributed by atoms with E-state index in [0.29, 0.717) is 24.6 Å². The fourth-order valence-electron chi connectivity index (χ4n) is 2.83. The number of fused-ring (bicyclic) bond motifs is 1. The molecule has 0 saturated heterocycles. The van der Waals surface area contributed by atoms with Crippen LogP contribution in [-0.2, 0) is 27.5 Å². The molecule has 1 atom stereocenters. The summed E-state index contributed by atoms with van der Waals surface area (Å²) in [4.78, 5) is 24.5. The molecule has 2 aromatic rings. The maximum absolute atomic E-state index is 12.6. The lowest BCUT2D eigenvalue weighted by Gasteiger charge is -2.25. The van der Waals surface area contributed by atoms with Crippen molar-refractivity contribution in [2.75, 3.05) is 19.5 Å². The average Bonchev–Trinajstić information content (AvgIpc) is 3.06. The molecule has 1 unspecified atom stereocenters. The van der Waals surface area contributed by atoms with E-state index in [2.05, 4.69) is 20.8 Å². The standard InChI is InChI=1S/C17H20N4O4/c1-24-9-11-5-10(20-21-11)8-18-17(23)14-7-16(22)19-15-4-3-12(25-2)6-13(14)15/h3-6,14H,7-9H2,1-2H3,(H,18,23)(H,19,22)(H,20,21). The van der Waals surface area contributed by atoms with Crippen molar-refractivity contribution in [3.05, 3.63) is 41.2 Å². The highest BCUT2D eigenvalue weighted by molar-refractivity contribution is 6.01. The minimum atomic E-state index is -0.555. The van der Waals surface area contributed by atoms with Gasteiger partial charge in [0.2, 0.25) is 11.8 Å². The van der Waals surface area contributed by atoms with Crippen LogP contribution >= 0.6 is 0 Å². The number of carbonyl (C=O) groups excluding carboxylic acids is 2. The summed E-state index contributed by atoms with van der Waals surface area (Å²) in [6.07, 6.45) is 0.101. The van der Waals surface area contributed by atoms with Gasteiger partial charge in [0.25, 0.3) is 0 Å². The second-order valence-corrected chi connectivity index (χ2v) is 5.79. The van der Waals surface area contributed by atoms with Crippen LogP contribution in [-0.4, -0.2) is 36.2 Å². The van der Waals surface area contributed by atoms with Crippen LogP contribution in [0.5, 0.6) is 5.75 Å². The molecule has 132 valence electrons. The molecule has 1 aliphatic heterocycles. The second-order valence-electron chi connectivity index (χ2n) is 5.79. The molecular formula is C17H20N4O4. The van der Waals surface area contributed by atoms with E-state index in [9.17, 15) is 9.59 Å². The number of benzene rings is 1. The SMILES string of the molecule is COCc1cc(CNC(=O)C2CC(=O)Nc3ccc(OC)cc32)[nH]n1. The van der Waals surface area contributed by atoms with Crippen molar-refractivity contribution < 1.29 is 19.1 Å². The van der Waals surface area contributed by atoms with Crippen LogP contribution in [0.4, 0.5) is 5.69 Å². The molecule has 2 amide bonds. The van der Waals surface area contributed by atoms with Crippen LogP contribution in [0.3, 0.4) is 0 Å². The predicted octanol–water partition coefficient (Wildman–Crippen LogP) is 1.31. The van der Waals surface area contributed by atoms with Gasteiger partial charge in [-0.25, -0.2) is 0 Å². The molecule has 0 radical (unpaired) electrons. The number of nitrogens with zero attached hydrogens (tertiary/aromatic N) is 1. The van der Waals surface area contributed by atoms with Gasteiger partial charge in [-0.3, -0.25) is 14.7 Å². The number of nitrogens with one attached hydrogen (secondary N) is 3. The summed E-state index contributed by atoms with van der Waals surface area (Å²) in [7, 11) is 3.16. The highest BCUT2D eigenvalue weighted by Crippen LogP contribution is 2.35. The van der Waals surface area contributed by atoms with Gasteiger partial charge in [-0.1, -0.05) is 0 Å². The number of aromatic amines is 1. The van der Waals surface area contributed by atoms with Crippen molar-refractivity contribution in [3.8, 4) is 5.75 Å². The van der Waals surface area contributed by atoms with E-state index in [4.69, 9.17) is 9.47 Å². The van der Waals surface area contributed by atoms with Gasteiger partial charge in [0.15, 0.2) is 0 Å². The number of aromatic nitrogens is 2. The molecule has 0 saturated carbocycles. The average molecular weight is 344 g/mol. The summed E-state index contributed by atoms with van der Waals surface area (Å²) in [6, 6.07) is 7.11. The molecular weight excluding hydrogens is 324 g/mol. The molecule has 0 spiro atoms. The van der Waals surface area contributed by atoms with Gasteiger partial charge in [-0.15, -0.1) is 0 Å². The largest absolute Gasteiger partial charge is 0.497 e. The molecule has 1 aromatic heterocycles. The second kappa shape index (κ2) is 7.35. The zero-order valence-electron chi connectivity index (χ0n) is 14.1. The van der Waals surface area contributed by atoms with Crippen molar-refractivity contribution in [3.63, 3.8) is 0 Å². The predicted molar refractivity (Wildman–Crippen MR) is 90.1 cm³/mol. The van der Waals surface area contributed by atoms with Gasteiger partial charge in [0.1, 0.15) is 5.75 Å². The Morgan fingerprint density at radius 2 is 2.20 bits per heavy atom. The third kappa shape index (κ3) is 3.80. The number of hydrogen-bond donors (Lipinski definition) is 3. The van der Waals surface area contributed by atoms with E-state index < -0.39 is 5.92 Å². The lowest BCUT2D eigenvalue weighted by Crippen LogP contribution is -2.34. The number of methoxy groups -OCH3 is 2. The smallest absolute Gasteiger partial charge is 0.228 e. The lowest BCUT2D eigenvalue weighted by atomic mass is 9.89. The lowest BCUT2D eigenvalue weighted by molar-refractivity contribution is -0.126. The number of ether oxygens (including phenoxy) is 2. The van der Waals surface area contributed by atoms with Crippen molar-refractivity contribution in [1.82, 2.24) is 15.5 Å². The molecule has 1 aromatic carbocycles. The molecule has 8 nitrogen and oxygen atoms in total. The van der Waals surface area contributed by atoms with Crippen molar-refractivity contribution in [2.24, 2.45) is 0 Å². The number of rotatable bonds is 6. The molecule has 3 N–H and O–H groups in total. The maximum Gasteiger partial charge on any atom is 0.228 e. The Kier molecular flexibility index (Phi) is 4.99. The normalized spacial score (nSPS) is 16.1. The molecule has 8 heteroatoms. The molecule has 0 fully saturated rings. The van der Waals surface area contributed by atoms with Crippen LogP contribution in [0, 0.1) is 0 Å². The van der Waals surface area contributed by atoms with E-state index >= 15 is 0 Å². The first kappa shape index (κ1) is 17.0. The fourth-order valence-corrected chi connectivity index (χ4v) is 2.83. The van der Waals surface area contributed by atoms with Crippen LogP contribution in [0.25, 0.3) is 0 Å². The van der Waals surface area contributed by atoms with Crippen molar-refractivity contribution >= 4 is 17.5 Å². The summed E-state index contributed by atoms with van der Waals surface area (Å²) in [6.45, 7) is 0.702. The minimum Gasteiger partial charge on any atom is -0.497 e. The van der Waals surface area contributed by atoms with Crippen LogP contribution in [0.15, 0.2) is 24.3 Å². The van der Waals surface area contributed by atoms with E-state index in [1.165, 1.54) is 0 Å². The zero-order valence-corrected chi connectivity index (χ0v) is 14.1. The molecule has 2 heterocycles. The topological polar surface area (TPSA) is 105 Å². The van der Waals surface area contributed by atoms with Crippen LogP contribution < -0.4 is 15.4 Å². The number of H-pyrrole nitrogens is 1. The van der Waals surface area contributed by atoms with Gasteiger partial charge >= 0.3 is 0 Å². The van der Waals surface area contributed by atoms with E-state index in [0.717, 1.165) is 17.0 Å². The number of amides is 2. The summed E-state index contributed by atoms with van der Waals surface area (Å²) >= 11 is 0. The molecule has 1 aliphatic rings. The number of hydrogen-bond acceptors (Lipinski definition) is 5. The van der Waals surface area contributed by atoms with Gasteiger partial charge in [0.05, 0.1) is 37.6 Å². The van der Waals surface area contributed by atoms with Gasteiger partial charge in [0, 0.05) is 19.2 Å². The Hall–Kier alpha value is -2.87. The quantitative estimate of drug-likeness (QED) is 0.733. The van der Waals surface area contributed by atoms with Crippen molar-refractivity contribution in [1.29, 1.82) is 0 Å². The van der Waals surface area contributed by atoms with Gasteiger partial charge in [-0.05, 0) is 29.8 Å². The first-order chi connectivity index (χ1) is 12.1. The van der Waals surface area contributed by atoms with Gasteiger partial charge in [-0.2, -0.15) is 5.10 Å². The molecule has 0 bridgehead atoms. The Morgan fingerprint density at radius 1 is 1.36 bits per heavy atom. The third-order valence-electron chi connectivity index (χ3n) is 4.04. The van der Waals surface area contributed by atoms with Crippen molar-refractivity contribution in [2.45, 2.75) is 25.5 Å². The summed E-state index contributed by atoms with van der Waals surface area (Å²) < 4.78 is 10.2. The molecule has 3 rings (SSSR count). The number of carbonyl (C=O) groups is 2. The van der Waals surface area contributed by atoms with E-state index in [1.54, 1.807) is 32.4 Å². The van der Waals surface area contributed by atoms with E-state index in [-0.39, 0.29) is 18.2 Å². The highest BCUT2D eigenvalue weighted by atomic mass is 16.5. The number of anilines is 1. The summed E-state index contributed by atoms with van der Waals surface area (Å²) in [5.41, 5.74) is 2.92. The van der Waals surface area contributed by atoms with Crippen LogP contribution in [0.2, 0.25) is 0 Å². The zero-order chi connectivity index (χ0) is 17.8. The Balaban J connectivity index is 1.72. The maximum atomic E-state index is 12.6. The summed E-state index contributed by atoms with van der Waals surface area (Å²) in [5.74, 6) is -0.306. The minimum absolute atomic E-state index is 0.101.